The zero-order valence-corrected chi connectivity index (χ0v) is 9.11. The second-order valence-corrected chi connectivity index (χ2v) is 3.26. The number of benzene rings is 1. The van der Waals surface area contributed by atoms with E-state index in [1.165, 1.54) is 11.1 Å². The van der Waals surface area contributed by atoms with Crippen molar-refractivity contribution in [2.45, 2.75) is 6.54 Å². The summed E-state index contributed by atoms with van der Waals surface area (Å²) in [5, 5.41) is 3.14. The lowest BCUT2D eigenvalue weighted by Crippen LogP contribution is -2.04. The van der Waals surface area contributed by atoms with Gasteiger partial charge in [0.05, 0.1) is 0 Å². The summed E-state index contributed by atoms with van der Waals surface area (Å²) in [6.45, 7) is 4.52. The highest BCUT2D eigenvalue weighted by molar-refractivity contribution is 5.52. The molecule has 0 aromatic heterocycles. The average Bonchev–Trinajstić information content (AvgIpc) is 2.26. The van der Waals surface area contributed by atoms with Crippen molar-refractivity contribution in [1.29, 1.82) is 0 Å². The fraction of sp³-hybridized carbons (Fsp3) is 0.143. The molecule has 1 aromatic carbocycles. The molecule has 15 heavy (non-hydrogen) atoms. The Balaban J connectivity index is 2.68. The Labute approximate surface area is 91.8 Å². The van der Waals surface area contributed by atoms with Gasteiger partial charge in [-0.05, 0) is 18.2 Å². The molecule has 0 spiro atoms. The zero-order chi connectivity index (χ0) is 10.9. The first-order valence-corrected chi connectivity index (χ1v) is 5.06. The lowest BCUT2D eigenvalue weighted by Gasteiger charge is -2.00. The van der Waals surface area contributed by atoms with Gasteiger partial charge in [-0.25, -0.2) is 0 Å². The van der Waals surface area contributed by atoms with Gasteiger partial charge < -0.3 is 5.32 Å². The van der Waals surface area contributed by atoms with Crippen LogP contribution in [0.25, 0.3) is 6.08 Å². The van der Waals surface area contributed by atoms with E-state index >= 15 is 0 Å². The highest BCUT2D eigenvalue weighted by Gasteiger charge is 1.90. The molecule has 1 N–H and O–H groups in total. The molecule has 0 radical (unpaired) electrons. The van der Waals surface area contributed by atoms with Gasteiger partial charge in [0.2, 0.25) is 0 Å². The van der Waals surface area contributed by atoms with Crippen molar-refractivity contribution in [2.75, 3.05) is 7.05 Å². The third kappa shape index (κ3) is 4.43. The molecule has 0 aliphatic heterocycles. The average molecular weight is 199 g/mol. The van der Waals surface area contributed by atoms with Gasteiger partial charge in [-0.2, -0.15) is 0 Å². The number of rotatable bonds is 5. The zero-order valence-electron chi connectivity index (χ0n) is 9.11. The molecule has 0 atom stereocenters. The molecular weight excluding hydrogens is 182 g/mol. The Bertz CT molecular complexity index is 361. The number of hydrogen-bond acceptors (Lipinski definition) is 1. The van der Waals surface area contributed by atoms with E-state index in [2.05, 4.69) is 42.2 Å². The van der Waals surface area contributed by atoms with Gasteiger partial charge in [-0.3, -0.25) is 0 Å². The maximum atomic E-state index is 3.61. The van der Waals surface area contributed by atoms with E-state index in [4.69, 9.17) is 0 Å². The van der Waals surface area contributed by atoms with Crippen LogP contribution in [0.1, 0.15) is 11.1 Å². The fourth-order valence-electron chi connectivity index (χ4n) is 1.32. The second kappa shape index (κ2) is 6.80. The topological polar surface area (TPSA) is 12.0 Å². The summed E-state index contributed by atoms with van der Waals surface area (Å²) in [6.07, 6.45) is 9.74. The van der Waals surface area contributed by atoms with Crippen LogP contribution in [0.4, 0.5) is 0 Å². The molecule has 1 aromatic rings. The molecule has 0 amide bonds. The van der Waals surface area contributed by atoms with Crippen LogP contribution in [0.5, 0.6) is 0 Å². The Morgan fingerprint density at radius 3 is 2.87 bits per heavy atom. The molecule has 0 saturated carbocycles. The molecule has 0 unspecified atom stereocenters. The van der Waals surface area contributed by atoms with Gasteiger partial charge in [-0.15, -0.1) is 0 Å². The minimum absolute atomic E-state index is 0.907. The van der Waals surface area contributed by atoms with Gasteiger partial charge in [0, 0.05) is 6.54 Å². The van der Waals surface area contributed by atoms with Crippen LogP contribution < -0.4 is 5.32 Å². The van der Waals surface area contributed by atoms with Crippen LogP contribution in [0.15, 0.2) is 55.1 Å². The minimum Gasteiger partial charge on any atom is -0.316 e. The summed E-state index contributed by atoms with van der Waals surface area (Å²) in [5.74, 6) is 0. The van der Waals surface area contributed by atoms with Crippen molar-refractivity contribution in [1.82, 2.24) is 5.32 Å². The predicted octanol–water partition coefficient (Wildman–Crippen LogP) is 3.16. The van der Waals surface area contributed by atoms with Gasteiger partial charge in [0.1, 0.15) is 0 Å². The molecule has 0 bridgehead atoms. The Kier molecular flexibility index (Phi) is 5.20. The summed E-state index contributed by atoms with van der Waals surface area (Å²) in [6, 6.07) is 8.46. The van der Waals surface area contributed by atoms with E-state index in [1.807, 2.05) is 25.3 Å². The highest BCUT2D eigenvalue weighted by Crippen LogP contribution is 2.06. The van der Waals surface area contributed by atoms with Crippen LogP contribution in [0, 0.1) is 0 Å². The van der Waals surface area contributed by atoms with E-state index in [-0.39, 0.29) is 0 Å². The summed E-state index contributed by atoms with van der Waals surface area (Å²) >= 11 is 0. The van der Waals surface area contributed by atoms with E-state index in [9.17, 15) is 0 Å². The van der Waals surface area contributed by atoms with E-state index in [0.29, 0.717) is 0 Å². The van der Waals surface area contributed by atoms with Gasteiger partial charge in [0.15, 0.2) is 0 Å². The van der Waals surface area contributed by atoms with Gasteiger partial charge >= 0.3 is 0 Å². The van der Waals surface area contributed by atoms with Crippen LogP contribution in [-0.2, 0) is 6.54 Å². The predicted molar refractivity (Wildman–Crippen MR) is 67.6 cm³/mol. The fourth-order valence-corrected chi connectivity index (χ4v) is 1.32. The molecule has 0 saturated heterocycles. The third-order valence-electron chi connectivity index (χ3n) is 1.98. The standard InChI is InChI=1S/C14H17N/c1-3-4-5-6-8-13-9-7-10-14(11-13)12-15-2/h3-11,15H,1,12H2,2H3. The SMILES string of the molecule is C=CC=CC=Cc1cccc(CNC)c1. The summed E-state index contributed by atoms with van der Waals surface area (Å²) in [7, 11) is 1.95. The van der Waals surface area contributed by atoms with Crippen molar-refractivity contribution in [3.8, 4) is 0 Å². The van der Waals surface area contributed by atoms with E-state index < -0.39 is 0 Å². The number of allylic oxidation sites excluding steroid dienone is 4. The third-order valence-corrected chi connectivity index (χ3v) is 1.98. The molecule has 1 nitrogen and oxygen atoms in total. The van der Waals surface area contributed by atoms with E-state index in [1.54, 1.807) is 6.08 Å². The lowest BCUT2D eigenvalue weighted by molar-refractivity contribution is 0.818. The molecule has 78 valence electrons. The number of hydrogen-bond donors (Lipinski definition) is 1. The quantitative estimate of drug-likeness (QED) is 0.718. The maximum Gasteiger partial charge on any atom is 0.0202 e. The van der Waals surface area contributed by atoms with Crippen molar-refractivity contribution < 1.29 is 0 Å². The maximum absolute atomic E-state index is 3.61. The molecule has 0 aliphatic rings. The van der Waals surface area contributed by atoms with Gasteiger partial charge in [0.25, 0.3) is 0 Å². The summed E-state index contributed by atoms with van der Waals surface area (Å²) < 4.78 is 0. The summed E-state index contributed by atoms with van der Waals surface area (Å²) in [4.78, 5) is 0. The molecule has 1 heteroatoms. The largest absolute Gasteiger partial charge is 0.316 e. The minimum atomic E-state index is 0.907. The second-order valence-electron chi connectivity index (χ2n) is 3.26. The van der Waals surface area contributed by atoms with E-state index in [0.717, 1.165) is 6.54 Å². The number of nitrogens with one attached hydrogen (secondary N) is 1. The first kappa shape index (κ1) is 11.5. The molecule has 0 heterocycles. The van der Waals surface area contributed by atoms with Crippen LogP contribution in [0.2, 0.25) is 0 Å². The first-order chi connectivity index (χ1) is 7.36. The van der Waals surface area contributed by atoms with Crippen molar-refractivity contribution in [2.24, 2.45) is 0 Å². The Morgan fingerprint density at radius 2 is 2.13 bits per heavy atom. The van der Waals surface area contributed by atoms with Crippen molar-refractivity contribution in [3.05, 3.63) is 66.3 Å². The normalized spacial score (nSPS) is 11.3. The van der Waals surface area contributed by atoms with Crippen LogP contribution >= 0.6 is 0 Å². The molecule has 1 rings (SSSR count). The lowest BCUT2D eigenvalue weighted by atomic mass is 10.1. The molecular formula is C14H17N. The first-order valence-electron chi connectivity index (χ1n) is 5.06. The van der Waals surface area contributed by atoms with Crippen LogP contribution in [-0.4, -0.2) is 7.05 Å². The highest BCUT2D eigenvalue weighted by atomic mass is 14.8. The van der Waals surface area contributed by atoms with Crippen LogP contribution in [0.3, 0.4) is 0 Å². The molecule has 0 fully saturated rings. The summed E-state index contributed by atoms with van der Waals surface area (Å²) in [5.41, 5.74) is 2.52. The van der Waals surface area contributed by atoms with Crippen molar-refractivity contribution >= 4 is 6.08 Å². The monoisotopic (exact) mass is 199 g/mol. The van der Waals surface area contributed by atoms with Crippen molar-refractivity contribution in [3.63, 3.8) is 0 Å². The Hall–Kier alpha value is -1.60. The molecule has 0 aliphatic carbocycles. The smallest absolute Gasteiger partial charge is 0.0202 e. The van der Waals surface area contributed by atoms with Gasteiger partial charge in [-0.1, -0.05) is 61.2 Å². The Morgan fingerprint density at radius 1 is 1.27 bits per heavy atom.